The fraction of sp³-hybridized carbons (Fsp3) is 0.214. The van der Waals surface area contributed by atoms with Crippen molar-refractivity contribution in [3.05, 3.63) is 86.4 Å². The lowest BCUT2D eigenvalue weighted by Gasteiger charge is -2.28. The minimum absolute atomic E-state index is 0.0108. The second-order valence-corrected chi connectivity index (χ2v) is 9.20. The monoisotopic (exact) mass is 541 g/mol. The molecule has 192 valence electrons. The fourth-order valence-corrected chi connectivity index (χ4v) is 5.24. The zero-order valence-corrected chi connectivity index (χ0v) is 22.4. The number of aryl methyl sites for hydroxylation is 1. The highest BCUT2D eigenvalue weighted by atomic mass is 35.5. The molecular formula is C28H25Cl2NO6. The number of hydrogen-bond acceptors (Lipinski definition) is 6. The molecule has 3 aromatic rings. The summed E-state index contributed by atoms with van der Waals surface area (Å²) >= 11 is 12.8. The van der Waals surface area contributed by atoms with Gasteiger partial charge in [0.1, 0.15) is 16.5 Å². The highest BCUT2D eigenvalue weighted by Crippen LogP contribution is 2.49. The van der Waals surface area contributed by atoms with Gasteiger partial charge in [-0.1, -0.05) is 53.5 Å². The number of methoxy groups -OCH3 is 3. The maximum absolute atomic E-state index is 13.6. The topological polar surface area (TPSA) is 85.3 Å². The molecule has 0 radical (unpaired) electrons. The summed E-state index contributed by atoms with van der Waals surface area (Å²) in [7, 11) is 4.25. The minimum atomic E-state index is -1.01. The van der Waals surface area contributed by atoms with Crippen LogP contribution in [0.1, 0.15) is 28.3 Å². The van der Waals surface area contributed by atoms with Gasteiger partial charge < -0.3 is 19.3 Å². The van der Waals surface area contributed by atoms with Crippen molar-refractivity contribution < 1.29 is 28.9 Å². The van der Waals surface area contributed by atoms with Gasteiger partial charge in [0.15, 0.2) is 11.5 Å². The Bertz CT molecular complexity index is 1450. The van der Waals surface area contributed by atoms with Crippen molar-refractivity contribution in [2.45, 2.75) is 19.9 Å². The number of aliphatic hydroxyl groups excluding tert-OH is 1. The summed E-state index contributed by atoms with van der Waals surface area (Å²) in [5.41, 5.74) is 2.68. The van der Waals surface area contributed by atoms with Crippen LogP contribution in [0.4, 0.5) is 5.69 Å². The van der Waals surface area contributed by atoms with E-state index in [1.54, 1.807) is 30.3 Å². The Balaban J connectivity index is 2.08. The third kappa shape index (κ3) is 4.28. The summed E-state index contributed by atoms with van der Waals surface area (Å²) in [6.45, 7) is 3.79. The third-order valence-corrected chi connectivity index (χ3v) is 7.13. The molecular weight excluding hydrogens is 517 g/mol. The number of aliphatic hydroxyl groups is 1. The van der Waals surface area contributed by atoms with Crippen molar-refractivity contribution in [1.29, 1.82) is 0 Å². The van der Waals surface area contributed by atoms with Crippen molar-refractivity contribution in [2.24, 2.45) is 0 Å². The lowest BCUT2D eigenvalue weighted by atomic mass is 9.93. The molecule has 1 atom stereocenters. The number of hydrogen-bond donors (Lipinski definition) is 1. The van der Waals surface area contributed by atoms with Gasteiger partial charge in [-0.15, -0.1) is 0 Å². The van der Waals surface area contributed by atoms with E-state index in [4.69, 9.17) is 37.4 Å². The summed E-state index contributed by atoms with van der Waals surface area (Å²) in [5, 5.41) is 11.7. The maximum Gasteiger partial charge on any atom is 0.300 e. The Morgan fingerprint density at radius 2 is 1.59 bits per heavy atom. The summed E-state index contributed by atoms with van der Waals surface area (Å²) in [6, 6.07) is 12.9. The molecule has 1 fully saturated rings. The molecule has 1 aliphatic heterocycles. The molecule has 1 saturated heterocycles. The Kier molecular flexibility index (Phi) is 7.39. The number of anilines is 1. The molecule has 0 aliphatic carbocycles. The molecule has 9 heteroatoms. The number of carbonyl (C=O) groups is 2. The van der Waals surface area contributed by atoms with Gasteiger partial charge >= 0.3 is 0 Å². The van der Waals surface area contributed by atoms with E-state index in [1.165, 1.54) is 32.3 Å². The summed E-state index contributed by atoms with van der Waals surface area (Å²) < 4.78 is 16.3. The van der Waals surface area contributed by atoms with Crippen LogP contribution in [0.25, 0.3) is 5.76 Å². The Morgan fingerprint density at radius 3 is 2.24 bits per heavy atom. The zero-order valence-electron chi connectivity index (χ0n) is 20.9. The molecule has 0 aromatic heterocycles. The highest BCUT2D eigenvalue weighted by Gasteiger charge is 2.48. The highest BCUT2D eigenvalue weighted by molar-refractivity contribution is 6.52. The number of amides is 1. The predicted molar refractivity (Wildman–Crippen MR) is 143 cm³/mol. The quantitative estimate of drug-likeness (QED) is 0.225. The van der Waals surface area contributed by atoms with Gasteiger partial charge in [0.05, 0.1) is 43.5 Å². The lowest BCUT2D eigenvalue weighted by molar-refractivity contribution is -0.132. The van der Waals surface area contributed by atoms with Crippen LogP contribution in [-0.4, -0.2) is 38.1 Å². The Morgan fingerprint density at radius 1 is 0.919 bits per heavy atom. The van der Waals surface area contributed by atoms with Crippen molar-refractivity contribution >= 4 is 46.3 Å². The first-order chi connectivity index (χ1) is 17.7. The number of ether oxygens (including phenoxy) is 3. The van der Waals surface area contributed by atoms with E-state index in [9.17, 15) is 14.7 Å². The standard InChI is InChI=1S/C28H25Cl2NO6/c1-14-9-8-11-19(15(14)2)31-23(16-10-6-7-12-20(16)35-3)21(25(33)28(31)34)24(32)17-13-18(29)27(37-5)22(30)26(17)36-4/h6-13,23,32H,1-5H3/b24-21+. The molecule has 0 saturated carbocycles. The zero-order chi connectivity index (χ0) is 27.0. The molecule has 1 N–H and O–H groups in total. The number of carbonyl (C=O) groups excluding carboxylic acids is 2. The first-order valence-corrected chi connectivity index (χ1v) is 12.0. The molecule has 0 spiro atoms. The number of para-hydroxylation sites is 1. The van der Waals surface area contributed by atoms with E-state index >= 15 is 0 Å². The van der Waals surface area contributed by atoms with Crippen LogP contribution >= 0.6 is 23.2 Å². The van der Waals surface area contributed by atoms with Crippen LogP contribution in [0.5, 0.6) is 17.2 Å². The number of rotatable bonds is 6. The molecule has 1 amide bonds. The smallest absolute Gasteiger partial charge is 0.300 e. The SMILES string of the molecule is COc1ccccc1C1/C(=C(\O)c2cc(Cl)c(OC)c(Cl)c2OC)C(=O)C(=O)N1c1cccc(C)c1C. The van der Waals surface area contributed by atoms with Crippen LogP contribution < -0.4 is 19.1 Å². The first kappa shape index (κ1) is 26.4. The van der Waals surface area contributed by atoms with Gasteiger partial charge in [0.2, 0.25) is 0 Å². The van der Waals surface area contributed by atoms with Gasteiger partial charge in [0, 0.05) is 11.3 Å². The van der Waals surface area contributed by atoms with E-state index in [2.05, 4.69) is 0 Å². The van der Waals surface area contributed by atoms with Crippen molar-refractivity contribution in [3.63, 3.8) is 0 Å². The van der Waals surface area contributed by atoms with E-state index in [0.29, 0.717) is 17.0 Å². The van der Waals surface area contributed by atoms with Gasteiger partial charge in [0.25, 0.3) is 11.7 Å². The van der Waals surface area contributed by atoms with E-state index in [-0.39, 0.29) is 32.7 Å². The molecule has 1 heterocycles. The van der Waals surface area contributed by atoms with Crippen LogP contribution in [0.2, 0.25) is 10.0 Å². The number of nitrogens with zero attached hydrogens (tertiary/aromatic N) is 1. The van der Waals surface area contributed by atoms with Crippen LogP contribution in [0, 0.1) is 13.8 Å². The minimum Gasteiger partial charge on any atom is -0.507 e. The molecule has 3 aromatic carbocycles. The largest absolute Gasteiger partial charge is 0.507 e. The predicted octanol–water partition coefficient (Wildman–Crippen LogP) is 6.26. The van der Waals surface area contributed by atoms with Crippen molar-refractivity contribution in [2.75, 3.05) is 26.2 Å². The van der Waals surface area contributed by atoms with E-state index < -0.39 is 23.5 Å². The number of halogens is 2. The van der Waals surface area contributed by atoms with E-state index in [0.717, 1.165) is 11.1 Å². The lowest BCUT2D eigenvalue weighted by Crippen LogP contribution is -2.30. The average molecular weight is 542 g/mol. The van der Waals surface area contributed by atoms with Gasteiger partial charge in [-0.25, -0.2) is 0 Å². The first-order valence-electron chi connectivity index (χ1n) is 11.3. The number of Topliss-reactive ketones (excluding diaryl/α,β-unsaturated/α-hetero) is 1. The normalized spacial score (nSPS) is 16.7. The number of benzene rings is 3. The van der Waals surface area contributed by atoms with Crippen LogP contribution in [0.15, 0.2) is 54.1 Å². The van der Waals surface area contributed by atoms with Crippen LogP contribution in [0.3, 0.4) is 0 Å². The molecule has 7 nitrogen and oxygen atoms in total. The summed E-state index contributed by atoms with van der Waals surface area (Å²) in [4.78, 5) is 28.6. The molecule has 4 rings (SSSR count). The molecule has 1 unspecified atom stereocenters. The van der Waals surface area contributed by atoms with Crippen molar-refractivity contribution in [1.82, 2.24) is 0 Å². The molecule has 0 bridgehead atoms. The van der Waals surface area contributed by atoms with E-state index in [1.807, 2.05) is 26.0 Å². The van der Waals surface area contributed by atoms with Gasteiger partial charge in [-0.3, -0.25) is 14.5 Å². The maximum atomic E-state index is 13.6. The fourth-order valence-electron chi connectivity index (χ4n) is 4.56. The second kappa shape index (κ2) is 10.4. The average Bonchev–Trinajstić information content (AvgIpc) is 3.15. The third-order valence-electron chi connectivity index (χ3n) is 6.51. The summed E-state index contributed by atoms with van der Waals surface area (Å²) in [5.74, 6) is -1.54. The van der Waals surface area contributed by atoms with Crippen molar-refractivity contribution in [3.8, 4) is 17.2 Å². The molecule has 37 heavy (non-hydrogen) atoms. The Hall–Kier alpha value is -3.68. The van der Waals surface area contributed by atoms with Gasteiger partial charge in [-0.2, -0.15) is 0 Å². The Labute approximate surface area is 224 Å². The van der Waals surface area contributed by atoms with Gasteiger partial charge in [-0.05, 0) is 43.2 Å². The number of ketones is 1. The second-order valence-electron chi connectivity index (χ2n) is 8.42. The van der Waals surface area contributed by atoms with Crippen LogP contribution in [-0.2, 0) is 9.59 Å². The summed E-state index contributed by atoms with van der Waals surface area (Å²) in [6.07, 6.45) is 0. The molecule has 1 aliphatic rings.